The summed E-state index contributed by atoms with van der Waals surface area (Å²) in [7, 11) is 0. The van der Waals surface area contributed by atoms with Crippen LogP contribution >= 0.6 is 0 Å². The summed E-state index contributed by atoms with van der Waals surface area (Å²) in [5, 5.41) is 6.04. The molecule has 2 rings (SSSR count). The Hall–Kier alpha value is -2.08. The van der Waals surface area contributed by atoms with E-state index in [1.807, 2.05) is 38.1 Å². The van der Waals surface area contributed by atoms with Crippen molar-refractivity contribution in [2.75, 3.05) is 13.2 Å². The van der Waals surface area contributed by atoms with Crippen LogP contribution in [0.5, 0.6) is 0 Å². The topological polar surface area (TPSA) is 88.7 Å². The maximum Gasteiger partial charge on any atom is 0.251 e. The van der Waals surface area contributed by atoms with E-state index in [0.717, 1.165) is 31.4 Å². The second-order valence-corrected chi connectivity index (χ2v) is 6.20. The molecule has 1 amide bonds. The quantitative estimate of drug-likeness (QED) is 0.525. The van der Waals surface area contributed by atoms with Crippen molar-refractivity contribution in [1.82, 2.24) is 10.6 Å². The van der Waals surface area contributed by atoms with E-state index < -0.39 is 0 Å². The van der Waals surface area contributed by atoms with E-state index >= 15 is 0 Å². The first-order chi connectivity index (χ1) is 11.6. The smallest absolute Gasteiger partial charge is 0.251 e. The molecule has 1 aromatic carbocycles. The number of carbonyl (C=O) groups excluding carboxylic acids is 1. The molecule has 1 fully saturated rings. The summed E-state index contributed by atoms with van der Waals surface area (Å²) in [6.45, 7) is 6.05. The lowest BCUT2D eigenvalue weighted by Crippen LogP contribution is -2.37. The summed E-state index contributed by atoms with van der Waals surface area (Å²) in [6.07, 6.45) is 3.33. The highest BCUT2D eigenvalue weighted by atomic mass is 16.5. The number of ether oxygens (including phenoxy) is 1. The fourth-order valence-corrected chi connectivity index (χ4v) is 2.43. The molecule has 4 N–H and O–H groups in total. The van der Waals surface area contributed by atoms with Crippen LogP contribution in [-0.2, 0) is 11.3 Å². The molecule has 2 unspecified atom stereocenters. The number of rotatable bonds is 7. The molecule has 1 aliphatic heterocycles. The van der Waals surface area contributed by atoms with Crippen molar-refractivity contribution in [3.63, 3.8) is 0 Å². The van der Waals surface area contributed by atoms with E-state index in [2.05, 4.69) is 15.6 Å². The zero-order valence-corrected chi connectivity index (χ0v) is 14.5. The van der Waals surface area contributed by atoms with Gasteiger partial charge in [0.2, 0.25) is 0 Å². The number of benzene rings is 1. The Labute approximate surface area is 143 Å². The minimum Gasteiger partial charge on any atom is -0.376 e. The third-order valence-electron chi connectivity index (χ3n) is 4.17. The van der Waals surface area contributed by atoms with Crippen LogP contribution in [0.3, 0.4) is 0 Å². The van der Waals surface area contributed by atoms with Gasteiger partial charge >= 0.3 is 0 Å². The Morgan fingerprint density at radius 2 is 2.17 bits per heavy atom. The lowest BCUT2D eigenvalue weighted by molar-refractivity contribution is 0.0939. The van der Waals surface area contributed by atoms with Crippen molar-refractivity contribution in [1.29, 1.82) is 0 Å². The largest absolute Gasteiger partial charge is 0.376 e. The average molecular weight is 332 g/mol. The number of nitrogens with one attached hydrogen (secondary N) is 2. The van der Waals surface area contributed by atoms with Gasteiger partial charge in [0.25, 0.3) is 5.91 Å². The van der Waals surface area contributed by atoms with Crippen molar-refractivity contribution in [2.45, 2.75) is 51.8 Å². The standard InChI is InChI=1S/C18H28N4O2/c1-3-13(2)22-17(23)15-8-6-14(7-9-15)11-20-18(19)21-12-16-5-4-10-24-16/h6-9,13,16H,3-5,10-12H2,1-2H3,(H,22,23)(H3,19,20,21). The summed E-state index contributed by atoms with van der Waals surface area (Å²) < 4.78 is 5.53. The molecule has 0 aliphatic carbocycles. The van der Waals surface area contributed by atoms with E-state index in [4.69, 9.17) is 10.5 Å². The Kier molecular flexibility index (Phi) is 7.06. The fraction of sp³-hybridized carbons (Fsp3) is 0.556. The average Bonchev–Trinajstić information content (AvgIpc) is 3.12. The molecule has 6 nitrogen and oxygen atoms in total. The van der Waals surface area contributed by atoms with Gasteiger partial charge in [-0.25, -0.2) is 4.99 Å². The Morgan fingerprint density at radius 1 is 1.42 bits per heavy atom. The van der Waals surface area contributed by atoms with Gasteiger partial charge in [-0.15, -0.1) is 0 Å². The lowest BCUT2D eigenvalue weighted by atomic mass is 10.1. The molecule has 0 saturated carbocycles. The molecule has 1 heterocycles. The van der Waals surface area contributed by atoms with Crippen molar-refractivity contribution in [3.05, 3.63) is 35.4 Å². The van der Waals surface area contributed by atoms with Gasteiger partial charge in [0.1, 0.15) is 0 Å². The molecule has 0 bridgehead atoms. The van der Waals surface area contributed by atoms with Gasteiger partial charge in [0.15, 0.2) is 5.96 Å². The van der Waals surface area contributed by atoms with E-state index in [9.17, 15) is 4.79 Å². The summed E-state index contributed by atoms with van der Waals surface area (Å²) in [4.78, 5) is 16.3. The van der Waals surface area contributed by atoms with Crippen molar-refractivity contribution < 1.29 is 9.53 Å². The molecule has 2 atom stereocenters. The Bertz CT molecular complexity index is 551. The third kappa shape index (κ3) is 5.85. The molecule has 0 spiro atoms. The highest BCUT2D eigenvalue weighted by Crippen LogP contribution is 2.10. The van der Waals surface area contributed by atoms with Crippen LogP contribution in [0.1, 0.15) is 49.0 Å². The zero-order valence-electron chi connectivity index (χ0n) is 14.5. The first-order valence-electron chi connectivity index (χ1n) is 8.63. The van der Waals surface area contributed by atoms with Gasteiger partial charge < -0.3 is 21.1 Å². The maximum absolute atomic E-state index is 12.0. The fourth-order valence-electron chi connectivity index (χ4n) is 2.43. The molecule has 6 heteroatoms. The lowest BCUT2D eigenvalue weighted by Gasteiger charge is -2.12. The van der Waals surface area contributed by atoms with Crippen LogP contribution in [-0.4, -0.2) is 37.2 Å². The molecule has 0 aromatic heterocycles. The van der Waals surface area contributed by atoms with Crippen LogP contribution in [0.4, 0.5) is 0 Å². The monoisotopic (exact) mass is 332 g/mol. The predicted molar refractivity (Wildman–Crippen MR) is 96.0 cm³/mol. The number of hydrogen-bond acceptors (Lipinski definition) is 3. The van der Waals surface area contributed by atoms with Gasteiger partial charge in [-0.2, -0.15) is 0 Å². The zero-order chi connectivity index (χ0) is 17.4. The summed E-state index contributed by atoms with van der Waals surface area (Å²) in [5.41, 5.74) is 7.54. The highest BCUT2D eigenvalue weighted by Gasteiger charge is 2.14. The third-order valence-corrected chi connectivity index (χ3v) is 4.17. The Balaban J connectivity index is 1.79. The molecular formula is C18H28N4O2. The molecule has 1 saturated heterocycles. The number of nitrogens with two attached hydrogens (primary N) is 1. The Morgan fingerprint density at radius 3 is 2.79 bits per heavy atom. The molecule has 1 aliphatic rings. The SMILES string of the molecule is CCC(C)NC(=O)c1ccc(CN=C(N)NCC2CCCO2)cc1. The highest BCUT2D eigenvalue weighted by molar-refractivity contribution is 5.94. The number of hydrogen-bond donors (Lipinski definition) is 3. The van der Waals surface area contributed by atoms with E-state index in [0.29, 0.717) is 24.6 Å². The number of carbonyl (C=O) groups is 1. The van der Waals surface area contributed by atoms with Crippen molar-refractivity contribution in [3.8, 4) is 0 Å². The summed E-state index contributed by atoms with van der Waals surface area (Å²) in [6, 6.07) is 7.62. The van der Waals surface area contributed by atoms with Gasteiger partial charge in [-0.05, 0) is 43.9 Å². The second-order valence-electron chi connectivity index (χ2n) is 6.20. The first kappa shape index (κ1) is 18.3. The first-order valence-corrected chi connectivity index (χ1v) is 8.63. The molecule has 24 heavy (non-hydrogen) atoms. The van der Waals surface area contributed by atoms with Crippen LogP contribution in [0, 0.1) is 0 Å². The van der Waals surface area contributed by atoms with Crippen molar-refractivity contribution >= 4 is 11.9 Å². The van der Waals surface area contributed by atoms with Crippen LogP contribution < -0.4 is 16.4 Å². The van der Waals surface area contributed by atoms with E-state index in [1.54, 1.807) is 0 Å². The van der Waals surface area contributed by atoms with Gasteiger partial charge in [0.05, 0.1) is 12.6 Å². The maximum atomic E-state index is 12.0. The van der Waals surface area contributed by atoms with E-state index in [1.165, 1.54) is 0 Å². The number of nitrogens with zero attached hydrogens (tertiary/aromatic N) is 1. The van der Waals surface area contributed by atoms with Gasteiger partial charge in [-0.3, -0.25) is 4.79 Å². The number of aliphatic imine (C=N–C) groups is 1. The summed E-state index contributed by atoms with van der Waals surface area (Å²) in [5.74, 6) is 0.376. The van der Waals surface area contributed by atoms with Crippen LogP contribution in [0.25, 0.3) is 0 Å². The molecule has 132 valence electrons. The number of amides is 1. The van der Waals surface area contributed by atoms with Gasteiger partial charge in [-0.1, -0.05) is 19.1 Å². The normalized spacial score (nSPS) is 19.1. The minimum atomic E-state index is -0.0443. The van der Waals surface area contributed by atoms with E-state index in [-0.39, 0.29) is 18.1 Å². The predicted octanol–water partition coefficient (Wildman–Crippen LogP) is 1.80. The number of guanidine groups is 1. The molecule has 0 radical (unpaired) electrons. The summed E-state index contributed by atoms with van der Waals surface area (Å²) >= 11 is 0. The molecule has 1 aromatic rings. The van der Waals surface area contributed by atoms with Crippen LogP contribution in [0.15, 0.2) is 29.3 Å². The second kappa shape index (κ2) is 9.27. The van der Waals surface area contributed by atoms with Gasteiger partial charge in [0, 0.05) is 24.8 Å². The minimum absolute atomic E-state index is 0.0443. The van der Waals surface area contributed by atoms with Crippen molar-refractivity contribution in [2.24, 2.45) is 10.7 Å². The molecular weight excluding hydrogens is 304 g/mol. The van der Waals surface area contributed by atoms with Crippen LogP contribution in [0.2, 0.25) is 0 Å².